The van der Waals surface area contributed by atoms with Crippen LogP contribution in [0.5, 0.6) is 5.75 Å². The van der Waals surface area contributed by atoms with Crippen molar-refractivity contribution in [3.63, 3.8) is 0 Å². The van der Waals surface area contributed by atoms with E-state index in [9.17, 15) is 9.59 Å². The maximum Gasteiger partial charge on any atom is 0.253 e. The molecule has 0 bridgehead atoms. The first-order valence-electron chi connectivity index (χ1n) is 7.36. The molecule has 2 N–H and O–H groups in total. The smallest absolute Gasteiger partial charge is 0.253 e. The van der Waals surface area contributed by atoms with Crippen LogP contribution in [0, 0.1) is 5.92 Å². The monoisotopic (exact) mass is 290 g/mol. The van der Waals surface area contributed by atoms with E-state index in [1.165, 1.54) is 6.42 Å². The van der Waals surface area contributed by atoms with Gasteiger partial charge in [-0.3, -0.25) is 9.59 Å². The number of carbonyl (C=O) groups excluding carboxylic acids is 2. The van der Waals surface area contributed by atoms with Crippen molar-refractivity contribution in [2.45, 2.75) is 32.1 Å². The van der Waals surface area contributed by atoms with Crippen LogP contribution < -0.4 is 15.4 Å². The number of ether oxygens (including phenoxy) is 1. The summed E-state index contributed by atoms with van der Waals surface area (Å²) < 4.78 is 5.13. The predicted molar refractivity (Wildman–Crippen MR) is 81.6 cm³/mol. The SMILES string of the molecule is CNC(=O)c1cc(OC)ccc1NC(=O)C1CCCCC1. The molecule has 1 saturated carbocycles. The van der Waals surface area contributed by atoms with Gasteiger partial charge in [-0.25, -0.2) is 0 Å². The van der Waals surface area contributed by atoms with Gasteiger partial charge in [-0.1, -0.05) is 19.3 Å². The molecule has 0 radical (unpaired) electrons. The minimum atomic E-state index is -0.243. The molecule has 0 heterocycles. The van der Waals surface area contributed by atoms with Crippen LogP contribution in [0.3, 0.4) is 0 Å². The highest BCUT2D eigenvalue weighted by molar-refractivity contribution is 6.04. The van der Waals surface area contributed by atoms with Crippen LogP contribution in [0.1, 0.15) is 42.5 Å². The van der Waals surface area contributed by atoms with Gasteiger partial charge in [0, 0.05) is 13.0 Å². The van der Waals surface area contributed by atoms with E-state index in [1.54, 1.807) is 32.4 Å². The molecule has 1 aromatic carbocycles. The second-order valence-corrected chi connectivity index (χ2v) is 5.31. The molecule has 0 spiro atoms. The molecule has 0 aromatic heterocycles. The average molecular weight is 290 g/mol. The van der Waals surface area contributed by atoms with Gasteiger partial charge in [0.05, 0.1) is 18.4 Å². The fourth-order valence-electron chi connectivity index (χ4n) is 2.68. The van der Waals surface area contributed by atoms with Crippen molar-refractivity contribution in [2.75, 3.05) is 19.5 Å². The summed E-state index contributed by atoms with van der Waals surface area (Å²) in [5, 5.41) is 5.47. The third kappa shape index (κ3) is 3.74. The fourth-order valence-corrected chi connectivity index (χ4v) is 2.68. The third-order valence-electron chi connectivity index (χ3n) is 3.93. The minimum Gasteiger partial charge on any atom is -0.497 e. The minimum absolute atomic E-state index is 0.00465. The molecule has 5 heteroatoms. The van der Waals surface area contributed by atoms with Gasteiger partial charge >= 0.3 is 0 Å². The molecule has 0 atom stereocenters. The molecule has 0 aliphatic heterocycles. The van der Waals surface area contributed by atoms with Crippen LogP contribution in [-0.4, -0.2) is 26.0 Å². The zero-order valence-electron chi connectivity index (χ0n) is 12.6. The molecular formula is C16H22N2O3. The molecule has 0 unspecified atom stereocenters. The highest BCUT2D eigenvalue weighted by Crippen LogP contribution is 2.27. The average Bonchev–Trinajstić information content (AvgIpc) is 2.55. The van der Waals surface area contributed by atoms with Crippen LogP contribution >= 0.6 is 0 Å². The lowest BCUT2D eigenvalue weighted by Crippen LogP contribution is -2.27. The Morgan fingerprint density at radius 2 is 1.90 bits per heavy atom. The van der Waals surface area contributed by atoms with Crippen molar-refractivity contribution >= 4 is 17.5 Å². The van der Waals surface area contributed by atoms with Gasteiger partial charge in [-0.15, -0.1) is 0 Å². The van der Waals surface area contributed by atoms with Crippen molar-refractivity contribution in [1.82, 2.24) is 5.32 Å². The number of anilines is 1. The quantitative estimate of drug-likeness (QED) is 0.895. The number of methoxy groups -OCH3 is 1. The van der Waals surface area contributed by atoms with E-state index in [-0.39, 0.29) is 17.7 Å². The molecule has 2 amide bonds. The van der Waals surface area contributed by atoms with Gasteiger partial charge in [0.1, 0.15) is 5.75 Å². The van der Waals surface area contributed by atoms with Gasteiger partial charge in [0.15, 0.2) is 0 Å². The lowest BCUT2D eigenvalue weighted by Gasteiger charge is -2.21. The fraction of sp³-hybridized carbons (Fsp3) is 0.500. The first-order valence-corrected chi connectivity index (χ1v) is 7.36. The van der Waals surface area contributed by atoms with Gasteiger partial charge in [-0.2, -0.15) is 0 Å². The zero-order valence-corrected chi connectivity index (χ0v) is 12.6. The highest BCUT2D eigenvalue weighted by atomic mass is 16.5. The van der Waals surface area contributed by atoms with Crippen molar-refractivity contribution in [2.24, 2.45) is 5.92 Å². The van der Waals surface area contributed by atoms with E-state index in [0.717, 1.165) is 25.7 Å². The number of hydrogen-bond acceptors (Lipinski definition) is 3. The van der Waals surface area contributed by atoms with Crippen molar-refractivity contribution in [3.8, 4) is 5.75 Å². The van der Waals surface area contributed by atoms with Crippen LogP contribution in [-0.2, 0) is 4.79 Å². The van der Waals surface area contributed by atoms with Gasteiger partial charge in [0.25, 0.3) is 5.91 Å². The third-order valence-corrected chi connectivity index (χ3v) is 3.93. The van der Waals surface area contributed by atoms with E-state index in [1.807, 2.05) is 0 Å². The molecular weight excluding hydrogens is 268 g/mol. The molecule has 1 aromatic rings. The van der Waals surface area contributed by atoms with E-state index in [0.29, 0.717) is 17.0 Å². The summed E-state index contributed by atoms with van der Waals surface area (Å²) in [5.41, 5.74) is 0.951. The molecule has 1 aliphatic carbocycles. The number of nitrogens with one attached hydrogen (secondary N) is 2. The Morgan fingerprint density at radius 1 is 1.19 bits per heavy atom. The topological polar surface area (TPSA) is 67.4 Å². The lowest BCUT2D eigenvalue weighted by atomic mass is 9.88. The summed E-state index contributed by atoms with van der Waals surface area (Å²) in [6.07, 6.45) is 5.26. The van der Waals surface area contributed by atoms with Crippen LogP contribution in [0.4, 0.5) is 5.69 Å². The Balaban J connectivity index is 2.18. The first kappa shape index (κ1) is 15.4. The lowest BCUT2D eigenvalue weighted by molar-refractivity contribution is -0.120. The molecule has 114 valence electrons. The Hall–Kier alpha value is -2.04. The summed E-state index contributed by atoms with van der Waals surface area (Å²) in [4.78, 5) is 24.3. The highest BCUT2D eigenvalue weighted by Gasteiger charge is 2.22. The van der Waals surface area contributed by atoms with Crippen LogP contribution in [0.15, 0.2) is 18.2 Å². The normalized spacial score (nSPS) is 15.3. The molecule has 21 heavy (non-hydrogen) atoms. The first-order chi connectivity index (χ1) is 10.2. The van der Waals surface area contributed by atoms with Crippen molar-refractivity contribution < 1.29 is 14.3 Å². The number of amides is 2. The van der Waals surface area contributed by atoms with Crippen molar-refractivity contribution in [1.29, 1.82) is 0 Å². The Labute approximate surface area is 125 Å². The molecule has 0 saturated heterocycles. The predicted octanol–water partition coefficient (Wildman–Crippen LogP) is 2.57. The van der Waals surface area contributed by atoms with Crippen LogP contribution in [0.2, 0.25) is 0 Å². The van der Waals surface area contributed by atoms with E-state index < -0.39 is 0 Å². The van der Waals surface area contributed by atoms with Crippen LogP contribution in [0.25, 0.3) is 0 Å². The molecule has 2 rings (SSSR count). The van der Waals surface area contributed by atoms with E-state index in [4.69, 9.17) is 4.74 Å². The molecule has 5 nitrogen and oxygen atoms in total. The number of carbonyl (C=O) groups is 2. The maximum atomic E-state index is 12.3. The summed E-state index contributed by atoms with van der Waals surface area (Å²) in [5.74, 6) is 0.403. The summed E-state index contributed by atoms with van der Waals surface area (Å²) in [6.45, 7) is 0. The summed E-state index contributed by atoms with van der Waals surface area (Å²) in [7, 11) is 3.11. The Kier molecular flexibility index (Phi) is 5.20. The van der Waals surface area contributed by atoms with Crippen molar-refractivity contribution in [3.05, 3.63) is 23.8 Å². The summed E-state index contributed by atoms with van der Waals surface area (Å²) in [6, 6.07) is 5.09. The Morgan fingerprint density at radius 3 is 2.52 bits per heavy atom. The number of hydrogen-bond donors (Lipinski definition) is 2. The zero-order chi connectivity index (χ0) is 15.2. The molecule has 1 fully saturated rings. The van der Waals surface area contributed by atoms with E-state index >= 15 is 0 Å². The van der Waals surface area contributed by atoms with Gasteiger partial charge < -0.3 is 15.4 Å². The van der Waals surface area contributed by atoms with Gasteiger partial charge in [-0.05, 0) is 31.0 Å². The molecule has 1 aliphatic rings. The largest absolute Gasteiger partial charge is 0.497 e. The standard InChI is InChI=1S/C16H22N2O3/c1-17-16(20)13-10-12(21-2)8-9-14(13)18-15(19)11-6-4-3-5-7-11/h8-11H,3-7H2,1-2H3,(H,17,20)(H,18,19). The number of rotatable bonds is 4. The Bertz CT molecular complexity index is 522. The van der Waals surface area contributed by atoms with E-state index in [2.05, 4.69) is 10.6 Å². The second kappa shape index (κ2) is 7.11. The number of benzene rings is 1. The maximum absolute atomic E-state index is 12.3. The van der Waals surface area contributed by atoms with Gasteiger partial charge in [0.2, 0.25) is 5.91 Å². The summed E-state index contributed by atoms with van der Waals surface area (Å²) >= 11 is 0. The second-order valence-electron chi connectivity index (χ2n) is 5.31.